The lowest BCUT2D eigenvalue weighted by Crippen LogP contribution is -2.08. The van der Waals surface area contributed by atoms with Crippen molar-refractivity contribution in [1.29, 1.82) is 0 Å². The molecular weight excluding hydrogens is 449 g/mol. The Labute approximate surface area is 173 Å². The highest BCUT2D eigenvalue weighted by atomic mass is 32.2. The summed E-state index contributed by atoms with van der Waals surface area (Å²) in [6, 6.07) is 2.34. The maximum atomic E-state index is 12.8. The molecule has 0 saturated carbocycles. The molecule has 166 valence electrons. The van der Waals surface area contributed by atoms with Gasteiger partial charge in [0.1, 0.15) is 34.8 Å². The summed E-state index contributed by atoms with van der Waals surface area (Å²) in [6.45, 7) is 1.72. The number of pyridine rings is 1. The first kappa shape index (κ1) is 25.6. The maximum Gasteiger partial charge on any atom is 0.433 e. The van der Waals surface area contributed by atoms with Crippen LogP contribution in [0.1, 0.15) is 12.6 Å². The fraction of sp³-hybridized carbons (Fsp3) is 0.312. The molecule has 0 fully saturated rings. The predicted octanol–water partition coefficient (Wildman–Crippen LogP) is 1.00. The van der Waals surface area contributed by atoms with Gasteiger partial charge in [0, 0.05) is 30.3 Å². The van der Waals surface area contributed by atoms with Crippen molar-refractivity contribution in [2.24, 2.45) is 0 Å². The summed E-state index contributed by atoms with van der Waals surface area (Å²) in [5.74, 6) is 0.547. The molecule has 9 nitrogen and oxygen atoms in total. The molecular formula is C16H19F3N4O5S2. The Bertz CT molecular complexity index is 1070. The van der Waals surface area contributed by atoms with E-state index >= 15 is 0 Å². The topological polar surface area (TPSA) is 149 Å². The van der Waals surface area contributed by atoms with E-state index in [1.54, 1.807) is 6.92 Å². The van der Waals surface area contributed by atoms with Crippen LogP contribution in [0.2, 0.25) is 0 Å². The van der Waals surface area contributed by atoms with Crippen LogP contribution in [0.5, 0.6) is 5.75 Å². The molecule has 3 rings (SSSR count). The molecule has 30 heavy (non-hydrogen) atoms. The fourth-order valence-corrected chi connectivity index (χ4v) is 3.57. The number of hydrogen-bond acceptors (Lipinski definition) is 6. The van der Waals surface area contributed by atoms with Gasteiger partial charge in [0.05, 0.1) is 32.7 Å². The monoisotopic (exact) mass is 468 g/mol. The van der Waals surface area contributed by atoms with Crippen LogP contribution in [-0.2, 0) is 27.8 Å². The highest BCUT2D eigenvalue weighted by Crippen LogP contribution is 2.30. The zero-order valence-electron chi connectivity index (χ0n) is 15.8. The number of fused-ring (bicyclic) bond motifs is 1. The van der Waals surface area contributed by atoms with Crippen molar-refractivity contribution < 1.29 is 37.3 Å². The quantitative estimate of drug-likeness (QED) is 0.527. The molecule has 0 aliphatic carbocycles. The molecule has 2 atom stereocenters. The summed E-state index contributed by atoms with van der Waals surface area (Å²) in [4.78, 5) is 12.1. The van der Waals surface area contributed by atoms with Crippen LogP contribution in [0.4, 0.5) is 13.2 Å². The van der Waals surface area contributed by atoms with Crippen LogP contribution in [0.25, 0.3) is 17.0 Å². The van der Waals surface area contributed by atoms with E-state index < -0.39 is 33.5 Å². The molecule has 2 unspecified atom stereocenters. The third-order valence-electron chi connectivity index (χ3n) is 3.61. The van der Waals surface area contributed by atoms with Gasteiger partial charge in [-0.05, 0) is 0 Å². The minimum absolute atomic E-state index is 0. The van der Waals surface area contributed by atoms with Crippen LogP contribution in [0, 0.1) is 0 Å². The van der Waals surface area contributed by atoms with Crippen molar-refractivity contribution in [3.63, 3.8) is 0 Å². The van der Waals surface area contributed by atoms with E-state index in [1.807, 2.05) is 0 Å². The van der Waals surface area contributed by atoms with E-state index in [-0.39, 0.29) is 33.9 Å². The second-order valence-electron chi connectivity index (χ2n) is 5.65. The molecule has 3 aromatic heterocycles. The molecule has 14 heteroatoms. The van der Waals surface area contributed by atoms with Gasteiger partial charge in [-0.1, -0.05) is 6.92 Å². The Balaban J connectivity index is 0.00000225. The van der Waals surface area contributed by atoms with Crippen LogP contribution in [-0.4, -0.2) is 56.7 Å². The molecule has 3 aromatic rings. The zero-order chi connectivity index (χ0) is 20.5. The normalized spacial score (nSPS) is 13.2. The van der Waals surface area contributed by atoms with Crippen molar-refractivity contribution in [2.75, 3.05) is 17.9 Å². The average Bonchev–Trinajstić information content (AvgIpc) is 3.07. The Morgan fingerprint density at radius 1 is 1.17 bits per heavy atom. The van der Waals surface area contributed by atoms with E-state index in [9.17, 15) is 21.6 Å². The summed E-state index contributed by atoms with van der Waals surface area (Å²) >= 11 is 0. The van der Waals surface area contributed by atoms with Gasteiger partial charge < -0.3 is 15.7 Å². The summed E-state index contributed by atoms with van der Waals surface area (Å²) in [5, 5.41) is 0. The SMILES string of the molecule is CCS(=O)c1cc(OCS(C)=O)cnc1-c1cn2cnc(C(F)(F)F)cc2n1.O.O. The number of aromatic nitrogens is 4. The number of ether oxygens (including phenoxy) is 1. The molecule has 0 aromatic carbocycles. The van der Waals surface area contributed by atoms with Crippen molar-refractivity contribution >= 4 is 27.2 Å². The van der Waals surface area contributed by atoms with Gasteiger partial charge in [0.2, 0.25) is 0 Å². The second-order valence-corrected chi connectivity index (χ2v) is 8.74. The van der Waals surface area contributed by atoms with Gasteiger partial charge >= 0.3 is 6.18 Å². The van der Waals surface area contributed by atoms with Gasteiger partial charge in [-0.3, -0.25) is 12.8 Å². The van der Waals surface area contributed by atoms with Crippen molar-refractivity contribution in [2.45, 2.75) is 18.0 Å². The predicted molar refractivity (Wildman–Crippen MR) is 105 cm³/mol. The summed E-state index contributed by atoms with van der Waals surface area (Å²) < 4.78 is 68.9. The Hall–Kier alpha value is -2.42. The van der Waals surface area contributed by atoms with Gasteiger partial charge in [0.25, 0.3) is 0 Å². The third kappa shape index (κ3) is 5.59. The second kappa shape index (κ2) is 10.1. The molecule has 0 radical (unpaired) electrons. The van der Waals surface area contributed by atoms with Gasteiger partial charge in [-0.25, -0.2) is 15.0 Å². The molecule has 4 N–H and O–H groups in total. The van der Waals surface area contributed by atoms with Crippen LogP contribution < -0.4 is 4.74 Å². The molecule has 0 spiro atoms. The summed E-state index contributed by atoms with van der Waals surface area (Å²) in [6.07, 6.45) is 0.732. The van der Waals surface area contributed by atoms with Crippen molar-refractivity contribution in [3.8, 4) is 17.1 Å². The molecule has 0 aliphatic rings. The number of rotatable bonds is 6. The van der Waals surface area contributed by atoms with Crippen molar-refractivity contribution in [3.05, 3.63) is 36.5 Å². The first-order valence-corrected chi connectivity index (χ1v) is 11.0. The number of nitrogens with zero attached hydrogens (tertiary/aromatic N) is 4. The first-order chi connectivity index (χ1) is 13.2. The number of imidazole rings is 1. The fourth-order valence-electron chi connectivity index (χ4n) is 2.34. The summed E-state index contributed by atoms with van der Waals surface area (Å²) in [5.41, 5.74) is -0.501. The molecule has 3 heterocycles. The Morgan fingerprint density at radius 3 is 2.47 bits per heavy atom. The lowest BCUT2D eigenvalue weighted by atomic mass is 10.3. The van der Waals surface area contributed by atoms with E-state index in [1.165, 1.54) is 29.1 Å². The van der Waals surface area contributed by atoms with Gasteiger partial charge in [0.15, 0.2) is 5.94 Å². The number of alkyl halides is 3. The maximum absolute atomic E-state index is 12.8. The lowest BCUT2D eigenvalue weighted by Gasteiger charge is -2.09. The zero-order valence-corrected chi connectivity index (χ0v) is 17.4. The minimum atomic E-state index is -4.58. The third-order valence-corrected chi connectivity index (χ3v) is 5.38. The van der Waals surface area contributed by atoms with Crippen LogP contribution >= 0.6 is 0 Å². The van der Waals surface area contributed by atoms with E-state index in [4.69, 9.17) is 4.74 Å². The standard InChI is InChI=1S/C16H15F3N4O3S2.2H2O/c1-3-28(25)12-4-10(26-9-27(2)24)6-20-15(12)11-7-23-8-21-13(16(17,18)19)5-14(23)22-11;;/h4-8H,3,9H2,1-2H3;2*1H2. The molecule has 0 aliphatic heterocycles. The van der Waals surface area contributed by atoms with E-state index in [2.05, 4.69) is 15.0 Å². The van der Waals surface area contributed by atoms with E-state index in [0.717, 1.165) is 12.4 Å². The molecule has 0 saturated heterocycles. The molecule has 0 bridgehead atoms. The van der Waals surface area contributed by atoms with Crippen LogP contribution in [0.3, 0.4) is 0 Å². The smallest absolute Gasteiger partial charge is 0.433 e. The Morgan fingerprint density at radius 2 is 1.87 bits per heavy atom. The minimum Gasteiger partial charge on any atom is -0.479 e. The lowest BCUT2D eigenvalue weighted by molar-refractivity contribution is -0.141. The largest absolute Gasteiger partial charge is 0.479 e. The highest BCUT2D eigenvalue weighted by molar-refractivity contribution is 7.85. The first-order valence-electron chi connectivity index (χ1n) is 7.92. The number of halogens is 3. The number of hydrogen-bond donors (Lipinski definition) is 0. The van der Waals surface area contributed by atoms with Gasteiger partial charge in [-0.2, -0.15) is 13.2 Å². The molecule has 0 amide bonds. The van der Waals surface area contributed by atoms with Crippen molar-refractivity contribution in [1.82, 2.24) is 19.4 Å². The average molecular weight is 468 g/mol. The van der Waals surface area contributed by atoms with E-state index in [0.29, 0.717) is 16.4 Å². The Kier molecular flexibility index (Phi) is 8.59. The van der Waals surface area contributed by atoms with Gasteiger partial charge in [-0.15, -0.1) is 0 Å². The highest BCUT2D eigenvalue weighted by Gasteiger charge is 2.33. The summed E-state index contributed by atoms with van der Waals surface area (Å²) in [7, 11) is -2.62. The van der Waals surface area contributed by atoms with Crippen LogP contribution in [0.15, 0.2) is 35.7 Å².